The number of thiazole rings is 1. The molecule has 0 aliphatic carbocycles. The number of ether oxygens (including phenoxy) is 3. The van der Waals surface area contributed by atoms with Gasteiger partial charge < -0.3 is 18.8 Å². The minimum Gasteiger partial charge on any atom is -0.493 e. The molecule has 0 saturated carbocycles. The maximum atomic E-state index is 12.6. The van der Waals surface area contributed by atoms with E-state index in [0.717, 1.165) is 11.0 Å². The van der Waals surface area contributed by atoms with Crippen LogP contribution in [0.5, 0.6) is 11.5 Å². The average Bonchev–Trinajstić information content (AvgIpc) is 3.07. The quantitative estimate of drug-likeness (QED) is 0.477. The van der Waals surface area contributed by atoms with Crippen LogP contribution in [0, 0.1) is 0 Å². The van der Waals surface area contributed by atoms with Crippen LogP contribution in [0.1, 0.15) is 5.56 Å². The molecule has 0 bridgehead atoms. The second kappa shape index (κ2) is 9.53. The van der Waals surface area contributed by atoms with Crippen LogP contribution in [-0.2, 0) is 37.1 Å². The zero-order chi connectivity index (χ0) is 23.5. The van der Waals surface area contributed by atoms with Gasteiger partial charge in [-0.2, -0.15) is 4.99 Å². The highest BCUT2D eigenvalue weighted by Crippen LogP contribution is 2.33. The fraction of sp³-hybridized carbons (Fsp3) is 0.286. The van der Waals surface area contributed by atoms with E-state index in [9.17, 15) is 18.0 Å². The number of esters is 1. The Bertz CT molecular complexity index is 1340. The van der Waals surface area contributed by atoms with Gasteiger partial charge in [-0.1, -0.05) is 23.5 Å². The Balaban J connectivity index is 2.02. The second-order valence-corrected chi connectivity index (χ2v) is 9.85. The first-order chi connectivity index (χ1) is 15.2. The van der Waals surface area contributed by atoms with Gasteiger partial charge in [0, 0.05) is 18.4 Å². The summed E-state index contributed by atoms with van der Waals surface area (Å²) in [5.41, 5.74) is 1.26. The van der Waals surface area contributed by atoms with Crippen molar-refractivity contribution >= 4 is 43.3 Å². The number of benzene rings is 2. The molecule has 2 aromatic carbocycles. The molecule has 1 heterocycles. The molecule has 0 saturated heterocycles. The smallest absolute Gasteiger partial charge is 0.325 e. The van der Waals surface area contributed by atoms with Gasteiger partial charge in [0.25, 0.3) is 5.91 Å². The first kappa shape index (κ1) is 23.5. The van der Waals surface area contributed by atoms with E-state index in [4.69, 9.17) is 14.2 Å². The Morgan fingerprint density at radius 2 is 1.66 bits per heavy atom. The summed E-state index contributed by atoms with van der Waals surface area (Å²) in [4.78, 5) is 29.3. The summed E-state index contributed by atoms with van der Waals surface area (Å²) in [6, 6.07) is 9.52. The minimum atomic E-state index is -3.32. The van der Waals surface area contributed by atoms with E-state index in [1.165, 1.54) is 44.8 Å². The summed E-state index contributed by atoms with van der Waals surface area (Å²) >= 11 is 1.22. The summed E-state index contributed by atoms with van der Waals surface area (Å²) in [6.45, 7) is -0.138. The molecule has 0 spiro atoms. The van der Waals surface area contributed by atoms with Gasteiger partial charge in [-0.25, -0.2) is 8.42 Å². The summed E-state index contributed by atoms with van der Waals surface area (Å²) in [6.07, 6.45) is 1.09. The molecule has 3 aromatic rings. The number of aromatic nitrogens is 1. The molecule has 0 aliphatic heterocycles. The third kappa shape index (κ3) is 5.17. The maximum Gasteiger partial charge on any atom is 0.325 e. The second-order valence-electron chi connectivity index (χ2n) is 6.82. The topological polar surface area (TPSA) is 113 Å². The Labute approximate surface area is 188 Å². The van der Waals surface area contributed by atoms with E-state index in [1.54, 1.807) is 28.8 Å². The SMILES string of the molecule is COC(=O)Cn1c(=NC(=O)Cc2ccc(S(C)(=O)=O)cc2)sc2cc(OC)c(OC)cc21. The Morgan fingerprint density at radius 3 is 2.22 bits per heavy atom. The van der Waals surface area contributed by atoms with Crippen LogP contribution in [0.3, 0.4) is 0 Å². The molecule has 3 rings (SSSR count). The molecule has 0 N–H and O–H groups in total. The molecular weight excluding hydrogens is 456 g/mol. The number of carbonyl (C=O) groups is 2. The van der Waals surface area contributed by atoms with E-state index in [1.807, 2.05) is 0 Å². The lowest BCUT2D eigenvalue weighted by atomic mass is 10.1. The number of carbonyl (C=O) groups excluding carboxylic acids is 2. The van der Waals surface area contributed by atoms with Gasteiger partial charge in [0.2, 0.25) is 0 Å². The summed E-state index contributed by atoms with van der Waals surface area (Å²) < 4.78 is 41.0. The van der Waals surface area contributed by atoms with E-state index < -0.39 is 21.7 Å². The maximum absolute atomic E-state index is 12.6. The zero-order valence-electron chi connectivity index (χ0n) is 17.9. The minimum absolute atomic E-state index is 0.0246. The molecule has 32 heavy (non-hydrogen) atoms. The lowest BCUT2D eigenvalue weighted by Crippen LogP contribution is -2.22. The summed E-state index contributed by atoms with van der Waals surface area (Å²) in [7, 11) is 0.986. The Morgan fingerprint density at radius 1 is 1.03 bits per heavy atom. The number of rotatable bonds is 7. The zero-order valence-corrected chi connectivity index (χ0v) is 19.6. The van der Waals surface area contributed by atoms with Gasteiger partial charge in [-0.15, -0.1) is 0 Å². The highest BCUT2D eigenvalue weighted by atomic mass is 32.2. The van der Waals surface area contributed by atoms with Crippen molar-refractivity contribution in [2.24, 2.45) is 4.99 Å². The first-order valence-corrected chi connectivity index (χ1v) is 12.1. The number of nitrogens with zero attached hydrogens (tertiary/aromatic N) is 2. The van der Waals surface area contributed by atoms with Crippen LogP contribution < -0.4 is 14.3 Å². The number of sulfone groups is 1. The summed E-state index contributed by atoms with van der Waals surface area (Å²) in [5.74, 6) is 0.0431. The monoisotopic (exact) mass is 478 g/mol. The van der Waals surface area contributed by atoms with Gasteiger partial charge in [0.1, 0.15) is 6.54 Å². The van der Waals surface area contributed by atoms with E-state index in [0.29, 0.717) is 27.4 Å². The fourth-order valence-corrected chi connectivity index (χ4v) is 4.69. The average molecular weight is 479 g/mol. The van der Waals surface area contributed by atoms with Crippen LogP contribution in [0.15, 0.2) is 46.3 Å². The Kier molecular flexibility index (Phi) is 6.99. The lowest BCUT2D eigenvalue weighted by molar-refractivity contribution is -0.141. The molecule has 1 aromatic heterocycles. The molecule has 0 unspecified atom stereocenters. The molecule has 11 heteroatoms. The lowest BCUT2D eigenvalue weighted by Gasteiger charge is -2.09. The normalized spacial score (nSPS) is 12.1. The fourth-order valence-electron chi connectivity index (χ4n) is 3.00. The van der Waals surface area contributed by atoms with Crippen LogP contribution in [0.2, 0.25) is 0 Å². The largest absolute Gasteiger partial charge is 0.493 e. The van der Waals surface area contributed by atoms with Crippen molar-refractivity contribution in [3.05, 3.63) is 46.8 Å². The molecule has 9 nitrogen and oxygen atoms in total. The molecule has 170 valence electrons. The van der Waals surface area contributed by atoms with Gasteiger partial charge >= 0.3 is 5.97 Å². The summed E-state index contributed by atoms with van der Waals surface area (Å²) in [5, 5.41) is 0. The standard InChI is InChI=1S/C21H22N2O7S2/c1-28-16-10-15-18(11-17(16)29-2)31-21(23(15)12-20(25)30-3)22-19(24)9-13-5-7-14(8-6-13)32(4,26)27/h5-8,10-11H,9,12H2,1-4H3. The van der Waals surface area contributed by atoms with Crippen LogP contribution in [0.4, 0.5) is 0 Å². The molecule has 1 amide bonds. The van der Waals surface area contributed by atoms with Crippen LogP contribution in [-0.4, -0.2) is 52.4 Å². The molecule has 0 atom stereocenters. The molecule has 0 fully saturated rings. The third-order valence-electron chi connectivity index (χ3n) is 4.63. The van der Waals surface area contributed by atoms with Crippen molar-refractivity contribution in [2.45, 2.75) is 17.9 Å². The van der Waals surface area contributed by atoms with Crippen molar-refractivity contribution in [2.75, 3.05) is 27.6 Å². The number of amides is 1. The number of hydrogen-bond acceptors (Lipinski definition) is 8. The highest BCUT2D eigenvalue weighted by Gasteiger charge is 2.16. The van der Waals surface area contributed by atoms with E-state index in [-0.39, 0.29) is 17.9 Å². The number of hydrogen-bond donors (Lipinski definition) is 0. The molecule has 0 radical (unpaired) electrons. The molecular formula is C21H22N2O7S2. The predicted octanol–water partition coefficient (Wildman–Crippen LogP) is 1.97. The van der Waals surface area contributed by atoms with Crippen LogP contribution in [0.25, 0.3) is 10.2 Å². The van der Waals surface area contributed by atoms with Crippen molar-refractivity contribution in [1.29, 1.82) is 0 Å². The van der Waals surface area contributed by atoms with Crippen molar-refractivity contribution in [3.63, 3.8) is 0 Å². The van der Waals surface area contributed by atoms with Crippen molar-refractivity contribution < 1.29 is 32.2 Å². The molecule has 0 aliphatic rings. The Hall–Kier alpha value is -3.18. The van der Waals surface area contributed by atoms with Crippen molar-refractivity contribution in [1.82, 2.24) is 4.57 Å². The van der Waals surface area contributed by atoms with E-state index >= 15 is 0 Å². The predicted molar refractivity (Wildman–Crippen MR) is 119 cm³/mol. The van der Waals surface area contributed by atoms with Crippen LogP contribution >= 0.6 is 11.3 Å². The highest BCUT2D eigenvalue weighted by molar-refractivity contribution is 7.90. The third-order valence-corrected chi connectivity index (χ3v) is 6.80. The van der Waals surface area contributed by atoms with Gasteiger partial charge in [0.15, 0.2) is 26.1 Å². The van der Waals surface area contributed by atoms with E-state index in [2.05, 4.69) is 4.99 Å². The van der Waals surface area contributed by atoms with Gasteiger partial charge in [-0.05, 0) is 17.7 Å². The van der Waals surface area contributed by atoms with Gasteiger partial charge in [-0.3, -0.25) is 9.59 Å². The van der Waals surface area contributed by atoms with Crippen molar-refractivity contribution in [3.8, 4) is 11.5 Å². The number of fused-ring (bicyclic) bond motifs is 1. The first-order valence-electron chi connectivity index (χ1n) is 9.35. The number of methoxy groups -OCH3 is 3. The van der Waals surface area contributed by atoms with Gasteiger partial charge in [0.05, 0.1) is 42.9 Å².